The van der Waals surface area contributed by atoms with Gasteiger partial charge in [-0.2, -0.15) is 0 Å². The van der Waals surface area contributed by atoms with Crippen molar-refractivity contribution in [3.63, 3.8) is 0 Å². The summed E-state index contributed by atoms with van der Waals surface area (Å²) in [5, 5.41) is 0. The molecule has 200 valence electrons. The fourth-order valence-electron chi connectivity index (χ4n) is 5.14. The standard InChI is InChI=1S/C28H24F4N6O/c1-15(26-34-24-20(31)14-19(30)23(32)25(24)35-26)27-33-21-8-3-16(13-22(21)36(27)2)28(39)38-11-9-37(10-12-38)18-6-4-17(29)5-7-18/h3-8,13-15H,9-12H2,1-2H3,(H,34,35). The Balaban J connectivity index is 1.23. The van der Waals surface area contributed by atoms with Gasteiger partial charge in [-0.25, -0.2) is 27.5 Å². The monoisotopic (exact) mass is 536 g/mol. The van der Waals surface area contributed by atoms with Crippen LogP contribution >= 0.6 is 0 Å². The van der Waals surface area contributed by atoms with Crippen LogP contribution in [0.15, 0.2) is 48.5 Å². The number of halogens is 4. The topological polar surface area (TPSA) is 70.1 Å². The highest BCUT2D eigenvalue weighted by Gasteiger charge is 2.25. The van der Waals surface area contributed by atoms with E-state index in [1.807, 2.05) is 4.57 Å². The summed E-state index contributed by atoms with van der Waals surface area (Å²) in [6.45, 7) is 4.10. The zero-order chi connectivity index (χ0) is 27.4. The van der Waals surface area contributed by atoms with E-state index < -0.39 is 28.9 Å². The number of H-pyrrole nitrogens is 1. The molecule has 3 aromatic carbocycles. The van der Waals surface area contributed by atoms with E-state index in [1.165, 1.54) is 12.1 Å². The van der Waals surface area contributed by atoms with E-state index in [1.54, 1.807) is 49.2 Å². The molecule has 0 spiro atoms. The van der Waals surface area contributed by atoms with Crippen molar-refractivity contribution in [2.45, 2.75) is 12.8 Å². The van der Waals surface area contributed by atoms with Crippen molar-refractivity contribution in [3.05, 3.63) is 89.0 Å². The number of carbonyl (C=O) groups is 1. The van der Waals surface area contributed by atoms with E-state index in [4.69, 9.17) is 0 Å². The predicted octanol–water partition coefficient (Wildman–Crippen LogP) is 5.12. The molecule has 0 saturated carbocycles. The zero-order valence-corrected chi connectivity index (χ0v) is 21.2. The third-order valence-electron chi connectivity index (χ3n) is 7.35. The summed E-state index contributed by atoms with van der Waals surface area (Å²) in [4.78, 5) is 28.8. The first-order chi connectivity index (χ1) is 18.7. The van der Waals surface area contributed by atoms with Crippen LogP contribution in [0.4, 0.5) is 23.2 Å². The van der Waals surface area contributed by atoms with Crippen molar-refractivity contribution in [1.29, 1.82) is 0 Å². The van der Waals surface area contributed by atoms with Crippen LogP contribution in [0.3, 0.4) is 0 Å². The number of nitrogens with zero attached hydrogens (tertiary/aromatic N) is 5. The molecule has 6 rings (SSSR count). The third-order valence-corrected chi connectivity index (χ3v) is 7.35. The van der Waals surface area contributed by atoms with Gasteiger partial charge in [0.05, 0.1) is 17.0 Å². The van der Waals surface area contributed by atoms with Crippen LogP contribution < -0.4 is 4.90 Å². The van der Waals surface area contributed by atoms with Crippen molar-refractivity contribution in [3.8, 4) is 0 Å². The number of piperazine rings is 1. The first kappa shape index (κ1) is 24.9. The Morgan fingerprint density at radius 1 is 0.923 bits per heavy atom. The first-order valence-corrected chi connectivity index (χ1v) is 12.5. The summed E-state index contributed by atoms with van der Waals surface area (Å²) < 4.78 is 57.1. The average Bonchev–Trinajstić information content (AvgIpc) is 3.54. The van der Waals surface area contributed by atoms with Crippen LogP contribution in [0.1, 0.15) is 34.8 Å². The fraction of sp³-hybridized carbons (Fsp3) is 0.250. The van der Waals surface area contributed by atoms with Gasteiger partial charge in [0.25, 0.3) is 5.91 Å². The Morgan fingerprint density at radius 3 is 2.36 bits per heavy atom. The zero-order valence-electron chi connectivity index (χ0n) is 21.2. The Kier molecular flexibility index (Phi) is 6.00. The SMILES string of the molecule is CC(c1nc2c(F)c(F)cc(F)c2[nH]1)c1nc2ccc(C(=O)N3CCN(c4ccc(F)cc4)CC3)cc2n1C. The lowest BCUT2D eigenvalue weighted by atomic mass is 10.1. The first-order valence-electron chi connectivity index (χ1n) is 12.5. The van der Waals surface area contributed by atoms with Crippen molar-refractivity contribution in [2.75, 3.05) is 31.1 Å². The molecule has 39 heavy (non-hydrogen) atoms. The molecule has 1 aliphatic rings. The molecule has 2 aromatic heterocycles. The second-order valence-electron chi connectivity index (χ2n) is 9.71. The number of hydrogen-bond acceptors (Lipinski definition) is 4. The number of carbonyl (C=O) groups excluding carboxylic acids is 1. The second kappa shape index (κ2) is 9.40. The minimum Gasteiger partial charge on any atom is -0.368 e. The third kappa shape index (κ3) is 4.27. The molecular weight excluding hydrogens is 512 g/mol. The van der Waals surface area contributed by atoms with Crippen molar-refractivity contribution >= 4 is 33.7 Å². The highest BCUT2D eigenvalue weighted by molar-refractivity contribution is 5.97. The van der Waals surface area contributed by atoms with Crippen molar-refractivity contribution < 1.29 is 22.4 Å². The van der Waals surface area contributed by atoms with Crippen LogP contribution in [-0.4, -0.2) is 56.5 Å². The van der Waals surface area contributed by atoms with Gasteiger partial charge in [0.1, 0.15) is 28.5 Å². The number of amides is 1. The molecule has 5 aromatic rings. The van der Waals surface area contributed by atoms with Gasteiger partial charge in [0.15, 0.2) is 17.5 Å². The largest absolute Gasteiger partial charge is 0.368 e. The van der Waals surface area contributed by atoms with Gasteiger partial charge in [-0.15, -0.1) is 0 Å². The van der Waals surface area contributed by atoms with Gasteiger partial charge < -0.3 is 19.4 Å². The Morgan fingerprint density at radius 2 is 1.64 bits per heavy atom. The van der Waals surface area contributed by atoms with Crippen LogP contribution in [0.2, 0.25) is 0 Å². The Bertz CT molecular complexity index is 1720. The number of aryl methyl sites for hydroxylation is 1. The maximum Gasteiger partial charge on any atom is 0.254 e. The van der Waals surface area contributed by atoms with Gasteiger partial charge in [0, 0.05) is 50.5 Å². The quantitative estimate of drug-likeness (QED) is 0.256. The number of benzene rings is 3. The Hall–Kier alpha value is -4.41. The van der Waals surface area contributed by atoms with Gasteiger partial charge >= 0.3 is 0 Å². The lowest BCUT2D eigenvalue weighted by Crippen LogP contribution is -2.48. The number of aromatic amines is 1. The molecular formula is C28H24F4N6O. The van der Waals surface area contributed by atoms with Gasteiger partial charge in [-0.3, -0.25) is 4.79 Å². The highest BCUT2D eigenvalue weighted by Crippen LogP contribution is 2.29. The maximum absolute atomic E-state index is 14.2. The predicted molar refractivity (Wildman–Crippen MR) is 139 cm³/mol. The van der Waals surface area contributed by atoms with E-state index >= 15 is 0 Å². The molecule has 0 radical (unpaired) electrons. The molecule has 0 aliphatic carbocycles. The van der Waals surface area contributed by atoms with Crippen LogP contribution in [0.5, 0.6) is 0 Å². The van der Waals surface area contributed by atoms with Gasteiger partial charge in [-0.1, -0.05) is 0 Å². The summed E-state index contributed by atoms with van der Waals surface area (Å²) in [5.74, 6) is -3.54. The van der Waals surface area contributed by atoms with E-state index in [-0.39, 0.29) is 23.1 Å². The van der Waals surface area contributed by atoms with E-state index in [9.17, 15) is 22.4 Å². The summed E-state index contributed by atoms with van der Waals surface area (Å²) in [5.41, 5.74) is 2.19. The molecule has 1 unspecified atom stereocenters. The molecule has 0 bridgehead atoms. The number of rotatable bonds is 4. The summed E-state index contributed by atoms with van der Waals surface area (Å²) in [6.07, 6.45) is 0. The van der Waals surface area contributed by atoms with Crippen molar-refractivity contribution in [2.24, 2.45) is 7.05 Å². The molecule has 1 fully saturated rings. The molecule has 1 saturated heterocycles. The molecule has 1 atom stereocenters. The molecule has 1 amide bonds. The number of fused-ring (bicyclic) bond motifs is 2. The number of anilines is 1. The summed E-state index contributed by atoms with van der Waals surface area (Å²) in [7, 11) is 1.79. The minimum absolute atomic E-state index is 0.100. The number of imidazole rings is 2. The molecule has 1 aliphatic heterocycles. The van der Waals surface area contributed by atoms with Gasteiger partial charge in [0.2, 0.25) is 0 Å². The van der Waals surface area contributed by atoms with E-state index in [0.29, 0.717) is 54.7 Å². The normalized spacial score (nSPS) is 14.9. The maximum atomic E-state index is 14.2. The summed E-state index contributed by atoms with van der Waals surface area (Å²) in [6, 6.07) is 12.1. The van der Waals surface area contributed by atoms with Crippen LogP contribution in [-0.2, 0) is 7.05 Å². The molecule has 11 heteroatoms. The smallest absolute Gasteiger partial charge is 0.254 e. The number of aromatic nitrogens is 4. The average molecular weight is 537 g/mol. The minimum atomic E-state index is -1.30. The fourth-order valence-corrected chi connectivity index (χ4v) is 5.14. The van der Waals surface area contributed by atoms with E-state index in [2.05, 4.69) is 19.9 Å². The lowest BCUT2D eigenvalue weighted by Gasteiger charge is -2.36. The number of hydrogen-bond donors (Lipinski definition) is 1. The lowest BCUT2D eigenvalue weighted by molar-refractivity contribution is 0.0747. The highest BCUT2D eigenvalue weighted by atomic mass is 19.2. The summed E-state index contributed by atoms with van der Waals surface area (Å²) >= 11 is 0. The molecule has 7 nitrogen and oxygen atoms in total. The molecule has 3 heterocycles. The van der Waals surface area contributed by atoms with E-state index in [0.717, 1.165) is 5.69 Å². The molecule has 1 N–H and O–H groups in total. The van der Waals surface area contributed by atoms with Crippen LogP contribution in [0.25, 0.3) is 22.1 Å². The van der Waals surface area contributed by atoms with Crippen LogP contribution in [0, 0.1) is 23.3 Å². The Labute approximate surface area is 220 Å². The number of nitrogens with one attached hydrogen (secondary N) is 1. The van der Waals surface area contributed by atoms with Crippen molar-refractivity contribution in [1.82, 2.24) is 24.4 Å². The second-order valence-corrected chi connectivity index (χ2v) is 9.71. The van der Waals surface area contributed by atoms with Gasteiger partial charge in [-0.05, 0) is 49.4 Å².